The van der Waals surface area contributed by atoms with Crippen LogP contribution in [0.2, 0.25) is 0 Å². The second-order valence-corrected chi connectivity index (χ2v) is 12.4. The summed E-state index contributed by atoms with van der Waals surface area (Å²) in [6.07, 6.45) is 0. The zero-order valence-electron chi connectivity index (χ0n) is 25.2. The highest BCUT2D eigenvalue weighted by Gasteiger charge is 2.25. The van der Waals surface area contributed by atoms with Crippen molar-refractivity contribution >= 4 is 64.6 Å². The second kappa shape index (κ2) is 9.76. The molecule has 10 aromatic carbocycles. The second-order valence-electron chi connectivity index (χ2n) is 12.4. The third-order valence-electron chi connectivity index (χ3n) is 9.93. The molecule has 0 radical (unpaired) electrons. The van der Waals surface area contributed by atoms with Crippen LogP contribution in [0.5, 0.6) is 0 Å². The maximum absolute atomic E-state index is 2.45. The van der Waals surface area contributed by atoms with Gasteiger partial charge in [-0.1, -0.05) is 164 Å². The molecule has 10 aromatic rings. The van der Waals surface area contributed by atoms with Gasteiger partial charge in [0.2, 0.25) is 0 Å². The maximum Gasteiger partial charge on any atom is -0.000719 e. The van der Waals surface area contributed by atoms with E-state index in [-0.39, 0.29) is 0 Å². The van der Waals surface area contributed by atoms with Crippen molar-refractivity contribution in [3.05, 3.63) is 170 Å². The summed E-state index contributed by atoms with van der Waals surface area (Å²) in [5.41, 5.74) is 7.59. The fraction of sp³-hybridized carbons (Fsp3) is 0. The topological polar surface area (TPSA) is 0 Å². The van der Waals surface area contributed by atoms with Gasteiger partial charge >= 0.3 is 0 Å². The van der Waals surface area contributed by atoms with E-state index >= 15 is 0 Å². The Labute approximate surface area is 267 Å². The van der Waals surface area contributed by atoms with Crippen molar-refractivity contribution in [2.75, 3.05) is 0 Å². The number of fused-ring (bicyclic) bond motifs is 5. The molecule has 0 heterocycles. The Morgan fingerprint density at radius 2 is 0.630 bits per heavy atom. The summed E-state index contributed by atoms with van der Waals surface area (Å²) in [6.45, 7) is 0. The minimum absolute atomic E-state index is 1.23. The summed E-state index contributed by atoms with van der Waals surface area (Å²) in [5.74, 6) is 0. The van der Waals surface area contributed by atoms with E-state index in [0.29, 0.717) is 0 Å². The van der Waals surface area contributed by atoms with Gasteiger partial charge in [-0.2, -0.15) is 0 Å². The Balaban J connectivity index is 1.63. The molecule has 0 heteroatoms. The zero-order valence-corrected chi connectivity index (χ0v) is 25.2. The van der Waals surface area contributed by atoms with Crippen LogP contribution in [0.15, 0.2) is 170 Å². The van der Waals surface area contributed by atoms with Gasteiger partial charge in [0, 0.05) is 0 Å². The molecule has 0 aliphatic carbocycles. The third-order valence-corrected chi connectivity index (χ3v) is 9.93. The number of benzene rings is 10. The molecule has 0 aliphatic rings. The molecular weight excluding hydrogens is 553 g/mol. The Bertz CT molecular complexity index is 2760. The van der Waals surface area contributed by atoms with Gasteiger partial charge in [-0.25, -0.2) is 0 Å². The first-order valence-electron chi connectivity index (χ1n) is 16.0. The van der Waals surface area contributed by atoms with E-state index in [1.165, 1.54) is 98.0 Å². The van der Waals surface area contributed by atoms with E-state index in [1.54, 1.807) is 0 Å². The van der Waals surface area contributed by atoms with Crippen LogP contribution in [0.3, 0.4) is 0 Å². The first-order valence-corrected chi connectivity index (χ1v) is 16.0. The zero-order chi connectivity index (χ0) is 30.2. The van der Waals surface area contributed by atoms with E-state index in [0.717, 1.165) is 0 Å². The highest BCUT2D eigenvalue weighted by atomic mass is 14.3. The first-order chi connectivity index (χ1) is 22.9. The molecule has 212 valence electrons. The van der Waals surface area contributed by atoms with Gasteiger partial charge in [0.05, 0.1) is 0 Å². The predicted molar refractivity (Wildman–Crippen MR) is 199 cm³/mol. The van der Waals surface area contributed by atoms with Gasteiger partial charge in [0.1, 0.15) is 0 Å². The van der Waals surface area contributed by atoms with E-state index < -0.39 is 0 Å². The summed E-state index contributed by atoms with van der Waals surface area (Å²) >= 11 is 0. The molecule has 0 spiro atoms. The van der Waals surface area contributed by atoms with Crippen LogP contribution >= 0.6 is 0 Å². The minimum Gasteiger partial charge on any atom is -0.0622 e. The van der Waals surface area contributed by atoms with Crippen molar-refractivity contribution in [2.45, 2.75) is 0 Å². The van der Waals surface area contributed by atoms with Crippen LogP contribution in [0.25, 0.3) is 98.0 Å². The molecule has 0 atom stereocenters. The predicted octanol–water partition coefficient (Wildman–Crippen LogP) is 13.0. The summed E-state index contributed by atoms with van der Waals surface area (Å²) in [5, 5.41) is 15.6. The highest BCUT2D eigenvalue weighted by molar-refractivity contribution is 6.42. The lowest BCUT2D eigenvalue weighted by atomic mass is 9.77. The van der Waals surface area contributed by atoms with Crippen molar-refractivity contribution in [3.63, 3.8) is 0 Å². The molecule has 0 unspecified atom stereocenters. The van der Waals surface area contributed by atoms with Crippen LogP contribution in [0.1, 0.15) is 0 Å². The van der Waals surface area contributed by atoms with Gasteiger partial charge in [-0.05, 0) is 104 Å². The average molecular weight is 581 g/mol. The molecule has 0 amide bonds. The number of rotatable bonds is 3. The Morgan fingerprint density at radius 3 is 1.20 bits per heavy atom. The quantitative estimate of drug-likeness (QED) is 0.144. The molecule has 0 nitrogen and oxygen atoms in total. The van der Waals surface area contributed by atoms with Crippen molar-refractivity contribution in [1.29, 1.82) is 0 Å². The lowest BCUT2D eigenvalue weighted by Gasteiger charge is -2.25. The van der Waals surface area contributed by atoms with Crippen LogP contribution in [-0.4, -0.2) is 0 Å². The number of hydrogen-bond acceptors (Lipinski definition) is 0. The average Bonchev–Trinajstić information content (AvgIpc) is 3.13. The van der Waals surface area contributed by atoms with Gasteiger partial charge in [0.25, 0.3) is 0 Å². The summed E-state index contributed by atoms with van der Waals surface area (Å²) in [6, 6.07) is 62.8. The third kappa shape index (κ3) is 3.50. The van der Waals surface area contributed by atoms with E-state index in [2.05, 4.69) is 170 Å². The first kappa shape index (κ1) is 25.4. The summed E-state index contributed by atoms with van der Waals surface area (Å²) in [4.78, 5) is 0. The van der Waals surface area contributed by atoms with Crippen LogP contribution < -0.4 is 0 Å². The molecule has 0 aliphatic heterocycles. The summed E-state index contributed by atoms with van der Waals surface area (Å²) in [7, 11) is 0. The van der Waals surface area contributed by atoms with Crippen molar-refractivity contribution in [1.82, 2.24) is 0 Å². The van der Waals surface area contributed by atoms with Gasteiger partial charge < -0.3 is 0 Å². The molecule has 0 bridgehead atoms. The molecule has 0 aromatic heterocycles. The highest BCUT2D eigenvalue weighted by Crippen LogP contribution is 2.54. The normalized spacial score (nSPS) is 11.9. The minimum atomic E-state index is 1.23. The molecule has 0 fully saturated rings. The Hall–Kier alpha value is -5.98. The van der Waals surface area contributed by atoms with Gasteiger partial charge in [-0.3, -0.25) is 0 Å². The standard InChI is InChI=1S/C46H28/c1-4-14-29(15-5-1)39-35-23-11-10-20-34(35)28-38-42(30-16-6-2-7-17-30)44-36-24-12-21-32-26-27-33-22-13-25-37(41(33)40(32)36)45(44)43(46(38)39)31-18-8-3-9-19-31/h1-28H. The van der Waals surface area contributed by atoms with Crippen LogP contribution in [-0.2, 0) is 0 Å². The van der Waals surface area contributed by atoms with Gasteiger partial charge in [0.15, 0.2) is 0 Å². The molecule has 0 saturated heterocycles. The van der Waals surface area contributed by atoms with Crippen molar-refractivity contribution < 1.29 is 0 Å². The largest absolute Gasteiger partial charge is 0.0622 e. The van der Waals surface area contributed by atoms with Crippen molar-refractivity contribution in [3.8, 4) is 33.4 Å². The lowest BCUT2D eigenvalue weighted by Crippen LogP contribution is -1.97. The van der Waals surface area contributed by atoms with Crippen molar-refractivity contribution in [2.24, 2.45) is 0 Å². The summed E-state index contributed by atoms with van der Waals surface area (Å²) < 4.78 is 0. The monoisotopic (exact) mass is 580 g/mol. The van der Waals surface area contributed by atoms with Crippen LogP contribution in [0, 0.1) is 0 Å². The smallest absolute Gasteiger partial charge is 0.000719 e. The Kier molecular flexibility index (Phi) is 5.38. The molecule has 0 saturated carbocycles. The fourth-order valence-corrected chi connectivity index (χ4v) is 8.13. The maximum atomic E-state index is 2.45. The molecule has 10 rings (SSSR count). The van der Waals surface area contributed by atoms with E-state index in [1.807, 2.05) is 0 Å². The van der Waals surface area contributed by atoms with E-state index in [4.69, 9.17) is 0 Å². The fourth-order valence-electron chi connectivity index (χ4n) is 8.13. The lowest BCUT2D eigenvalue weighted by molar-refractivity contribution is 1.65. The number of hydrogen-bond donors (Lipinski definition) is 0. The molecule has 0 N–H and O–H groups in total. The molecule has 46 heavy (non-hydrogen) atoms. The van der Waals surface area contributed by atoms with Crippen LogP contribution in [0.4, 0.5) is 0 Å². The van der Waals surface area contributed by atoms with E-state index in [9.17, 15) is 0 Å². The Morgan fingerprint density at radius 1 is 0.217 bits per heavy atom. The van der Waals surface area contributed by atoms with Gasteiger partial charge in [-0.15, -0.1) is 0 Å². The SMILES string of the molecule is c1ccc(-c2c3ccccc3cc3c(-c4ccccc4)c4c5cccc6ccc7cccc(c4c(-c4ccccc4)c23)c7c65)cc1. The molecular formula is C46H28.